The van der Waals surface area contributed by atoms with Crippen molar-refractivity contribution in [2.75, 3.05) is 6.54 Å². The van der Waals surface area contributed by atoms with Crippen molar-refractivity contribution in [1.29, 1.82) is 0 Å². The molecule has 0 aliphatic heterocycles. The standard InChI is InChI=1S/C14H18N4O/c1-18-10-11(9-17-18)7-8-16-14(19)13(15)12-5-3-2-4-6-12/h2-6,9-10,13H,7-8,15H2,1H3,(H,16,19)/t13-/m0/s1. The van der Waals surface area contributed by atoms with Crippen LogP contribution in [0.2, 0.25) is 0 Å². The first kappa shape index (κ1) is 13.3. The minimum atomic E-state index is -0.616. The number of rotatable bonds is 5. The van der Waals surface area contributed by atoms with Crippen LogP contribution in [0.5, 0.6) is 0 Å². The van der Waals surface area contributed by atoms with Crippen molar-refractivity contribution in [3.05, 3.63) is 53.9 Å². The van der Waals surface area contributed by atoms with E-state index in [-0.39, 0.29) is 5.91 Å². The summed E-state index contributed by atoms with van der Waals surface area (Å²) in [4.78, 5) is 11.9. The number of hydrogen-bond acceptors (Lipinski definition) is 3. The fourth-order valence-electron chi connectivity index (χ4n) is 1.85. The van der Waals surface area contributed by atoms with Gasteiger partial charge < -0.3 is 11.1 Å². The van der Waals surface area contributed by atoms with Gasteiger partial charge in [-0.15, -0.1) is 0 Å². The van der Waals surface area contributed by atoms with Crippen molar-refractivity contribution in [2.24, 2.45) is 12.8 Å². The summed E-state index contributed by atoms with van der Waals surface area (Å²) in [6.07, 6.45) is 4.48. The lowest BCUT2D eigenvalue weighted by Crippen LogP contribution is -2.35. The zero-order chi connectivity index (χ0) is 13.7. The number of nitrogens with one attached hydrogen (secondary N) is 1. The van der Waals surface area contributed by atoms with Crippen LogP contribution in [0.1, 0.15) is 17.2 Å². The highest BCUT2D eigenvalue weighted by atomic mass is 16.2. The monoisotopic (exact) mass is 258 g/mol. The Labute approximate surface area is 112 Å². The molecule has 0 aliphatic rings. The van der Waals surface area contributed by atoms with E-state index in [1.54, 1.807) is 10.9 Å². The van der Waals surface area contributed by atoms with E-state index in [2.05, 4.69) is 10.4 Å². The number of benzene rings is 1. The second kappa shape index (κ2) is 6.15. The molecule has 0 spiro atoms. The van der Waals surface area contributed by atoms with Crippen molar-refractivity contribution >= 4 is 5.91 Å². The van der Waals surface area contributed by atoms with E-state index < -0.39 is 6.04 Å². The third-order valence-corrected chi connectivity index (χ3v) is 2.91. The van der Waals surface area contributed by atoms with Gasteiger partial charge in [0.15, 0.2) is 0 Å². The lowest BCUT2D eigenvalue weighted by atomic mass is 10.1. The van der Waals surface area contributed by atoms with E-state index >= 15 is 0 Å². The van der Waals surface area contributed by atoms with Crippen LogP contribution in [-0.4, -0.2) is 22.2 Å². The molecule has 1 atom stereocenters. The molecule has 1 aromatic carbocycles. The molecule has 2 rings (SSSR count). The summed E-state index contributed by atoms with van der Waals surface area (Å²) in [6.45, 7) is 0.561. The Morgan fingerprint density at radius 3 is 2.79 bits per heavy atom. The average Bonchev–Trinajstić information content (AvgIpc) is 2.84. The van der Waals surface area contributed by atoms with Gasteiger partial charge in [0.25, 0.3) is 0 Å². The third-order valence-electron chi connectivity index (χ3n) is 2.91. The number of carbonyl (C=O) groups excluding carboxylic acids is 1. The minimum absolute atomic E-state index is 0.157. The molecule has 100 valence electrons. The number of aromatic nitrogens is 2. The van der Waals surface area contributed by atoms with Gasteiger partial charge in [0.2, 0.25) is 5.91 Å². The number of nitrogens with zero attached hydrogens (tertiary/aromatic N) is 2. The molecule has 1 heterocycles. The Kier molecular flexibility index (Phi) is 4.30. The second-order valence-electron chi connectivity index (χ2n) is 4.45. The van der Waals surface area contributed by atoms with E-state index in [1.165, 1.54) is 0 Å². The lowest BCUT2D eigenvalue weighted by Gasteiger charge is -2.12. The number of hydrogen-bond donors (Lipinski definition) is 2. The molecule has 1 aromatic heterocycles. The maximum absolute atomic E-state index is 11.9. The molecule has 0 saturated heterocycles. The summed E-state index contributed by atoms with van der Waals surface area (Å²) in [7, 11) is 1.87. The quantitative estimate of drug-likeness (QED) is 0.832. The maximum atomic E-state index is 11.9. The zero-order valence-corrected chi connectivity index (χ0v) is 10.9. The largest absolute Gasteiger partial charge is 0.354 e. The molecule has 0 aliphatic carbocycles. The summed E-state index contributed by atoms with van der Waals surface area (Å²) in [5, 5.41) is 6.91. The first-order chi connectivity index (χ1) is 9.16. The van der Waals surface area contributed by atoms with Gasteiger partial charge >= 0.3 is 0 Å². The number of aryl methyl sites for hydroxylation is 1. The van der Waals surface area contributed by atoms with Crippen LogP contribution >= 0.6 is 0 Å². The van der Waals surface area contributed by atoms with Crippen molar-refractivity contribution in [2.45, 2.75) is 12.5 Å². The topological polar surface area (TPSA) is 72.9 Å². The Morgan fingerprint density at radius 1 is 1.42 bits per heavy atom. The summed E-state index contributed by atoms with van der Waals surface area (Å²) in [5.41, 5.74) is 7.81. The van der Waals surface area contributed by atoms with E-state index in [0.717, 1.165) is 17.5 Å². The van der Waals surface area contributed by atoms with Crippen molar-refractivity contribution < 1.29 is 4.79 Å². The van der Waals surface area contributed by atoms with Gasteiger partial charge in [0, 0.05) is 19.8 Å². The molecule has 1 amide bonds. The van der Waals surface area contributed by atoms with Crippen LogP contribution in [0.3, 0.4) is 0 Å². The minimum Gasteiger partial charge on any atom is -0.354 e. The van der Waals surface area contributed by atoms with Crippen LogP contribution in [0.25, 0.3) is 0 Å². The molecule has 5 nitrogen and oxygen atoms in total. The summed E-state index contributed by atoms with van der Waals surface area (Å²) >= 11 is 0. The highest BCUT2D eigenvalue weighted by molar-refractivity contribution is 5.82. The molecule has 0 saturated carbocycles. The predicted molar refractivity (Wildman–Crippen MR) is 73.3 cm³/mol. The zero-order valence-electron chi connectivity index (χ0n) is 10.9. The van der Waals surface area contributed by atoms with Crippen LogP contribution in [0.4, 0.5) is 0 Å². The normalized spacial score (nSPS) is 12.1. The first-order valence-electron chi connectivity index (χ1n) is 6.22. The van der Waals surface area contributed by atoms with E-state index in [9.17, 15) is 4.79 Å². The van der Waals surface area contributed by atoms with E-state index in [0.29, 0.717) is 6.54 Å². The third kappa shape index (κ3) is 3.66. The van der Waals surface area contributed by atoms with Crippen molar-refractivity contribution in [3.8, 4) is 0 Å². The van der Waals surface area contributed by atoms with Crippen LogP contribution in [-0.2, 0) is 18.3 Å². The Balaban J connectivity index is 1.81. The lowest BCUT2D eigenvalue weighted by molar-refractivity contribution is -0.122. The molecule has 0 radical (unpaired) electrons. The highest BCUT2D eigenvalue weighted by Crippen LogP contribution is 2.09. The molecule has 0 bridgehead atoms. The summed E-state index contributed by atoms with van der Waals surface area (Å²) in [6, 6.07) is 8.74. The molecule has 3 N–H and O–H groups in total. The fourth-order valence-corrected chi connectivity index (χ4v) is 1.85. The van der Waals surface area contributed by atoms with Gasteiger partial charge in [-0.1, -0.05) is 30.3 Å². The molecular formula is C14H18N4O. The first-order valence-corrected chi connectivity index (χ1v) is 6.22. The van der Waals surface area contributed by atoms with E-state index in [4.69, 9.17) is 5.73 Å². The Bertz CT molecular complexity index is 535. The van der Waals surface area contributed by atoms with E-state index in [1.807, 2.05) is 43.6 Å². The SMILES string of the molecule is Cn1cc(CCNC(=O)[C@@H](N)c2ccccc2)cn1. The summed E-state index contributed by atoms with van der Waals surface area (Å²) in [5.74, 6) is -0.157. The number of nitrogens with two attached hydrogens (primary N) is 1. The Hall–Kier alpha value is -2.14. The van der Waals surface area contributed by atoms with Crippen LogP contribution in [0, 0.1) is 0 Å². The highest BCUT2D eigenvalue weighted by Gasteiger charge is 2.14. The van der Waals surface area contributed by atoms with Gasteiger partial charge in [-0.25, -0.2) is 0 Å². The van der Waals surface area contributed by atoms with Crippen LogP contribution < -0.4 is 11.1 Å². The number of amides is 1. The second-order valence-corrected chi connectivity index (χ2v) is 4.45. The molecule has 19 heavy (non-hydrogen) atoms. The molecule has 2 aromatic rings. The van der Waals surface area contributed by atoms with Crippen molar-refractivity contribution in [3.63, 3.8) is 0 Å². The molecular weight excluding hydrogens is 240 g/mol. The average molecular weight is 258 g/mol. The van der Waals surface area contributed by atoms with Gasteiger partial charge in [-0.05, 0) is 17.5 Å². The summed E-state index contributed by atoms with van der Waals surface area (Å²) < 4.78 is 1.74. The predicted octanol–water partition coefficient (Wildman–Crippen LogP) is 0.779. The van der Waals surface area contributed by atoms with Crippen molar-refractivity contribution in [1.82, 2.24) is 15.1 Å². The van der Waals surface area contributed by atoms with Gasteiger partial charge in [0.05, 0.1) is 6.20 Å². The number of carbonyl (C=O) groups is 1. The Morgan fingerprint density at radius 2 is 2.16 bits per heavy atom. The molecule has 5 heteroatoms. The van der Waals surface area contributed by atoms with Crippen LogP contribution in [0.15, 0.2) is 42.7 Å². The van der Waals surface area contributed by atoms with Gasteiger partial charge in [-0.2, -0.15) is 5.10 Å². The fraction of sp³-hybridized carbons (Fsp3) is 0.286. The molecule has 0 fully saturated rings. The smallest absolute Gasteiger partial charge is 0.241 e. The van der Waals surface area contributed by atoms with Gasteiger partial charge in [-0.3, -0.25) is 9.48 Å². The maximum Gasteiger partial charge on any atom is 0.241 e. The van der Waals surface area contributed by atoms with Gasteiger partial charge in [0.1, 0.15) is 6.04 Å². The molecule has 0 unspecified atom stereocenters.